The second-order valence-electron chi connectivity index (χ2n) is 2.71. The largest absolute Gasteiger partial charge is 1.00 e. The van der Waals surface area contributed by atoms with Gasteiger partial charge in [-0.15, -0.1) is 11.3 Å². The van der Waals surface area contributed by atoms with Gasteiger partial charge in [-0.25, -0.2) is 8.42 Å². The molecular weight excluding hydrogens is 235 g/mol. The molecule has 0 radical (unpaired) electrons. The minimum atomic E-state index is -4.65. The van der Waals surface area contributed by atoms with E-state index in [1.807, 2.05) is 0 Å². The zero-order valence-electron chi connectivity index (χ0n) is 8.14. The number of hydrogen-bond acceptors (Lipinski definition) is 5. The molecule has 4 nitrogen and oxygen atoms in total. The van der Waals surface area contributed by atoms with Crippen molar-refractivity contribution in [2.75, 3.05) is 0 Å². The molecule has 1 aromatic heterocycles. The number of aryl methyl sites for hydroxylation is 2. The molecule has 1 atom stereocenters. The van der Waals surface area contributed by atoms with Crippen molar-refractivity contribution in [3.63, 3.8) is 0 Å². The van der Waals surface area contributed by atoms with Crippen molar-refractivity contribution in [1.29, 1.82) is 0 Å². The first-order chi connectivity index (χ1) is 5.82. The molecule has 0 aliphatic rings. The molecule has 0 aliphatic heterocycles. The van der Waals surface area contributed by atoms with Crippen LogP contribution in [-0.4, -0.2) is 18.1 Å². The number of thiophene rings is 1. The maximum absolute atomic E-state index is 10.5. The fourth-order valence-electron chi connectivity index (χ4n) is 1.05. The third-order valence-electron chi connectivity index (χ3n) is 1.62. The summed E-state index contributed by atoms with van der Waals surface area (Å²) in [6.07, 6.45) is 0. The van der Waals surface area contributed by atoms with Crippen LogP contribution >= 0.6 is 11.3 Å². The number of aliphatic hydroxyl groups excluding tert-OH is 1. The standard InChI is InChI=1S/C7H10O4S2.Na/c1-4-3-6(5(2)12-4)7(8)13(9,10)11;/h3,7-8H,1-2H3,(H,9,10,11);/q;+1/p-1. The summed E-state index contributed by atoms with van der Waals surface area (Å²) in [6, 6.07) is 1.51. The summed E-state index contributed by atoms with van der Waals surface area (Å²) < 4.78 is 31.5. The maximum atomic E-state index is 10.5. The van der Waals surface area contributed by atoms with Gasteiger partial charge in [-0.3, -0.25) is 0 Å². The fourth-order valence-corrected chi connectivity index (χ4v) is 2.64. The van der Waals surface area contributed by atoms with Crippen molar-refractivity contribution >= 4 is 21.5 Å². The summed E-state index contributed by atoms with van der Waals surface area (Å²) in [5.74, 6) is 0. The second kappa shape index (κ2) is 5.07. The van der Waals surface area contributed by atoms with Crippen LogP contribution in [0.4, 0.5) is 0 Å². The molecule has 0 amide bonds. The van der Waals surface area contributed by atoms with Crippen LogP contribution < -0.4 is 29.6 Å². The molecule has 14 heavy (non-hydrogen) atoms. The van der Waals surface area contributed by atoms with E-state index in [1.54, 1.807) is 13.8 Å². The molecule has 1 rings (SSSR count). The van der Waals surface area contributed by atoms with E-state index < -0.39 is 15.6 Å². The number of rotatable bonds is 2. The summed E-state index contributed by atoms with van der Waals surface area (Å²) in [5.41, 5.74) is -1.74. The zero-order chi connectivity index (χ0) is 10.2. The minimum absolute atomic E-state index is 0. The molecule has 0 spiro atoms. The van der Waals surface area contributed by atoms with Crippen LogP contribution in [0.5, 0.6) is 0 Å². The Bertz CT molecular complexity index is 409. The van der Waals surface area contributed by atoms with Crippen LogP contribution in [0.3, 0.4) is 0 Å². The maximum Gasteiger partial charge on any atom is 1.00 e. The van der Waals surface area contributed by atoms with E-state index in [0.29, 0.717) is 4.88 Å². The van der Waals surface area contributed by atoms with Gasteiger partial charge in [-0.05, 0) is 19.9 Å². The molecule has 0 bridgehead atoms. The quantitative estimate of drug-likeness (QED) is 0.478. The van der Waals surface area contributed by atoms with Gasteiger partial charge in [-0.1, -0.05) is 0 Å². The van der Waals surface area contributed by atoms with Gasteiger partial charge >= 0.3 is 29.6 Å². The third-order valence-corrected chi connectivity index (χ3v) is 3.40. The topological polar surface area (TPSA) is 77.4 Å². The van der Waals surface area contributed by atoms with Gasteiger partial charge in [0.05, 0.1) is 0 Å². The average Bonchev–Trinajstić information content (AvgIpc) is 2.26. The van der Waals surface area contributed by atoms with Gasteiger partial charge in [0.2, 0.25) is 0 Å². The molecule has 0 fully saturated rings. The second-order valence-corrected chi connectivity index (χ2v) is 5.61. The molecule has 1 unspecified atom stereocenters. The van der Waals surface area contributed by atoms with Crippen molar-refractivity contribution in [3.05, 3.63) is 21.4 Å². The van der Waals surface area contributed by atoms with Crippen LogP contribution in [0.1, 0.15) is 20.8 Å². The first kappa shape index (κ1) is 14.6. The summed E-state index contributed by atoms with van der Waals surface area (Å²) >= 11 is 1.35. The van der Waals surface area contributed by atoms with Crippen LogP contribution in [0.15, 0.2) is 6.07 Å². The summed E-state index contributed by atoms with van der Waals surface area (Å²) in [6.45, 7) is 3.45. The fraction of sp³-hybridized carbons (Fsp3) is 0.429. The summed E-state index contributed by atoms with van der Waals surface area (Å²) in [7, 11) is -4.65. The summed E-state index contributed by atoms with van der Waals surface area (Å²) in [5, 5.41) is 9.16. The Morgan fingerprint density at radius 2 is 2.00 bits per heavy atom. The molecule has 0 aliphatic carbocycles. The molecule has 0 saturated heterocycles. The Morgan fingerprint density at radius 1 is 1.50 bits per heavy atom. The van der Waals surface area contributed by atoms with Crippen molar-refractivity contribution < 1.29 is 47.6 Å². The Hall–Kier alpha value is 0.570. The molecule has 0 aromatic carbocycles. The summed E-state index contributed by atoms with van der Waals surface area (Å²) in [4.78, 5) is 1.53. The predicted molar refractivity (Wildman–Crippen MR) is 48.5 cm³/mol. The van der Waals surface area contributed by atoms with Gasteiger partial charge in [0.15, 0.2) is 5.44 Å². The van der Waals surface area contributed by atoms with Crippen LogP contribution in [0, 0.1) is 13.8 Å². The van der Waals surface area contributed by atoms with Gasteiger partial charge in [0, 0.05) is 15.3 Å². The van der Waals surface area contributed by atoms with Gasteiger partial charge in [0.1, 0.15) is 10.1 Å². The Morgan fingerprint density at radius 3 is 2.29 bits per heavy atom. The van der Waals surface area contributed by atoms with Crippen molar-refractivity contribution in [3.8, 4) is 0 Å². The molecule has 1 N–H and O–H groups in total. The Kier molecular flexibility index (Phi) is 5.27. The Labute approximate surface area is 109 Å². The van der Waals surface area contributed by atoms with E-state index >= 15 is 0 Å². The van der Waals surface area contributed by atoms with E-state index in [1.165, 1.54) is 17.4 Å². The third kappa shape index (κ3) is 3.30. The monoisotopic (exact) mass is 244 g/mol. The van der Waals surface area contributed by atoms with Crippen LogP contribution in [0.2, 0.25) is 0 Å². The SMILES string of the molecule is Cc1cc(C(O)S(=O)(=O)[O-])c(C)s1.[Na+]. The first-order valence-electron chi connectivity index (χ1n) is 3.52. The molecule has 0 saturated carbocycles. The first-order valence-corrected chi connectivity index (χ1v) is 5.81. The minimum Gasteiger partial charge on any atom is -0.746 e. The molecular formula is C7H9NaO4S2. The van der Waals surface area contributed by atoms with Gasteiger partial charge < -0.3 is 9.66 Å². The average molecular weight is 244 g/mol. The normalized spacial score (nSPS) is 13.4. The predicted octanol–water partition coefficient (Wildman–Crippen LogP) is -2.09. The van der Waals surface area contributed by atoms with Crippen molar-refractivity contribution in [1.82, 2.24) is 0 Å². The molecule has 7 heteroatoms. The zero-order valence-corrected chi connectivity index (χ0v) is 11.8. The molecule has 1 heterocycles. The van der Waals surface area contributed by atoms with Crippen molar-refractivity contribution in [2.45, 2.75) is 19.3 Å². The van der Waals surface area contributed by atoms with Crippen LogP contribution in [-0.2, 0) is 10.1 Å². The molecule has 74 valence electrons. The molecule has 1 aromatic rings. The van der Waals surface area contributed by atoms with Crippen molar-refractivity contribution in [2.24, 2.45) is 0 Å². The number of aliphatic hydroxyl groups is 1. The van der Waals surface area contributed by atoms with Crippen LogP contribution in [0.25, 0.3) is 0 Å². The smallest absolute Gasteiger partial charge is 0.746 e. The van der Waals surface area contributed by atoms with E-state index in [2.05, 4.69) is 0 Å². The van der Waals surface area contributed by atoms with E-state index in [4.69, 9.17) is 5.11 Å². The van der Waals surface area contributed by atoms with E-state index in [9.17, 15) is 13.0 Å². The Balaban J connectivity index is 0.00000169. The van der Waals surface area contributed by atoms with E-state index in [-0.39, 0.29) is 35.1 Å². The number of hydrogen-bond donors (Lipinski definition) is 1. The van der Waals surface area contributed by atoms with Gasteiger partial charge in [-0.2, -0.15) is 0 Å². The van der Waals surface area contributed by atoms with E-state index in [0.717, 1.165) is 4.88 Å². The van der Waals surface area contributed by atoms with Gasteiger partial charge in [0.25, 0.3) is 0 Å².